The van der Waals surface area contributed by atoms with Gasteiger partial charge in [0.2, 0.25) is 0 Å². The monoisotopic (exact) mass is 190 g/mol. The lowest BCUT2D eigenvalue weighted by Crippen LogP contribution is -1.97. The molecule has 1 rings (SSSR count). The van der Waals surface area contributed by atoms with Gasteiger partial charge in [0.1, 0.15) is 0 Å². The Labute approximate surface area is 83.2 Å². The minimum atomic E-state index is -0.400. The summed E-state index contributed by atoms with van der Waals surface area (Å²) in [5, 5.41) is 10.7. The van der Waals surface area contributed by atoms with Crippen molar-refractivity contribution in [2.75, 3.05) is 0 Å². The van der Waals surface area contributed by atoms with E-state index in [0.717, 1.165) is 5.56 Å². The predicted octanol–water partition coefficient (Wildman–Crippen LogP) is 3.18. The molecule has 3 nitrogen and oxygen atoms in total. The summed E-state index contributed by atoms with van der Waals surface area (Å²) >= 11 is 0. The third-order valence-electron chi connectivity index (χ3n) is 2.05. The molecular formula is C11H12NO2. The molecule has 0 aliphatic heterocycles. The van der Waals surface area contributed by atoms with Crippen LogP contribution in [-0.2, 0) is 0 Å². The molecule has 1 aromatic carbocycles. The summed E-state index contributed by atoms with van der Waals surface area (Å²) in [5.74, 6) is 0.0166. The summed E-state index contributed by atoms with van der Waals surface area (Å²) in [5.41, 5.74) is 1.52. The summed E-state index contributed by atoms with van der Waals surface area (Å²) in [6.07, 6.45) is 1.51. The van der Waals surface area contributed by atoms with Crippen LogP contribution in [0.5, 0.6) is 0 Å². The molecule has 0 spiro atoms. The Kier molecular flexibility index (Phi) is 3.02. The highest BCUT2D eigenvalue weighted by Crippen LogP contribution is 2.28. The van der Waals surface area contributed by atoms with Crippen molar-refractivity contribution in [3.8, 4) is 0 Å². The first-order chi connectivity index (χ1) is 6.57. The van der Waals surface area contributed by atoms with Gasteiger partial charge in [-0.05, 0) is 18.4 Å². The molecule has 1 aromatic rings. The number of nitro groups is 1. The van der Waals surface area contributed by atoms with Crippen LogP contribution in [0.3, 0.4) is 0 Å². The Morgan fingerprint density at radius 2 is 2.21 bits per heavy atom. The van der Waals surface area contributed by atoms with Crippen LogP contribution < -0.4 is 0 Å². The highest BCUT2D eigenvalue weighted by Gasteiger charge is 2.15. The molecule has 0 saturated heterocycles. The smallest absolute Gasteiger partial charge is 0.258 e. The fourth-order valence-corrected chi connectivity index (χ4v) is 1.38. The van der Waals surface area contributed by atoms with Gasteiger partial charge < -0.3 is 0 Å². The van der Waals surface area contributed by atoms with E-state index in [9.17, 15) is 10.1 Å². The molecule has 0 heterocycles. The maximum absolute atomic E-state index is 10.7. The quantitative estimate of drug-likeness (QED) is 0.542. The van der Waals surface area contributed by atoms with Crippen LogP contribution in [0.1, 0.15) is 24.0 Å². The van der Waals surface area contributed by atoms with Crippen molar-refractivity contribution in [2.45, 2.75) is 12.8 Å². The Hall–Kier alpha value is -1.64. The highest BCUT2D eigenvalue weighted by atomic mass is 16.6. The summed E-state index contributed by atoms with van der Waals surface area (Å²) in [6.45, 7) is 9.33. The number of benzene rings is 1. The van der Waals surface area contributed by atoms with Crippen molar-refractivity contribution < 1.29 is 4.92 Å². The van der Waals surface area contributed by atoms with Gasteiger partial charge in [0, 0.05) is 6.07 Å². The van der Waals surface area contributed by atoms with E-state index in [4.69, 9.17) is 0 Å². The standard InChI is InChI=1S/C11H12NO2/c1-4-9-10(8(2)3)6-5-7-11(9)12(13)14/h4-8H,1-2H2,3H3. The summed E-state index contributed by atoms with van der Waals surface area (Å²) in [6, 6.07) is 4.98. The van der Waals surface area contributed by atoms with Crippen LogP contribution in [0.2, 0.25) is 0 Å². The molecule has 3 heteroatoms. The average molecular weight is 190 g/mol. The molecule has 1 unspecified atom stereocenters. The van der Waals surface area contributed by atoms with Crippen molar-refractivity contribution in [1.29, 1.82) is 0 Å². The largest absolute Gasteiger partial charge is 0.276 e. The molecule has 0 bridgehead atoms. The van der Waals surface area contributed by atoms with Gasteiger partial charge >= 0.3 is 0 Å². The first kappa shape index (κ1) is 10.4. The fourth-order valence-electron chi connectivity index (χ4n) is 1.38. The van der Waals surface area contributed by atoms with Gasteiger partial charge in [-0.15, -0.1) is 0 Å². The molecule has 14 heavy (non-hydrogen) atoms. The number of nitrogens with zero attached hydrogens (tertiary/aromatic N) is 1. The molecule has 0 fully saturated rings. The predicted molar refractivity (Wildman–Crippen MR) is 57.0 cm³/mol. The minimum Gasteiger partial charge on any atom is -0.258 e. The molecule has 0 aliphatic rings. The van der Waals surface area contributed by atoms with E-state index in [-0.39, 0.29) is 11.6 Å². The van der Waals surface area contributed by atoms with Gasteiger partial charge in [0.15, 0.2) is 0 Å². The van der Waals surface area contributed by atoms with Crippen LogP contribution in [0.25, 0.3) is 6.08 Å². The molecule has 0 aromatic heterocycles. The Morgan fingerprint density at radius 3 is 2.64 bits per heavy atom. The second-order valence-corrected chi connectivity index (χ2v) is 3.14. The Morgan fingerprint density at radius 1 is 1.57 bits per heavy atom. The zero-order chi connectivity index (χ0) is 10.7. The lowest BCUT2D eigenvalue weighted by Gasteiger charge is -2.09. The number of nitro benzene ring substituents is 1. The van der Waals surface area contributed by atoms with Crippen molar-refractivity contribution in [3.63, 3.8) is 0 Å². The first-order valence-electron chi connectivity index (χ1n) is 4.30. The summed E-state index contributed by atoms with van der Waals surface area (Å²) in [7, 11) is 0. The number of hydrogen-bond donors (Lipinski definition) is 0. The SMILES string of the molecule is [CH2]C(C)c1cccc([N+](=O)[O-])c1C=C. The average Bonchev–Trinajstić information content (AvgIpc) is 2.16. The topological polar surface area (TPSA) is 43.1 Å². The Balaban J connectivity index is 3.39. The van der Waals surface area contributed by atoms with Gasteiger partial charge in [0.25, 0.3) is 5.69 Å². The van der Waals surface area contributed by atoms with Gasteiger partial charge in [-0.3, -0.25) is 10.1 Å². The lowest BCUT2D eigenvalue weighted by atomic mass is 9.96. The molecule has 0 N–H and O–H groups in total. The normalized spacial score (nSPS) is 10.2. The van der Waals surface area contributed by atoms with Crippen LogP contribution in [0.15, 0.2) is 24.8 Å². The third kappa shape index (κ3) is 1.82. The maximum atomic E-state index is 10.7. The molecule has 0 saturated carbocycles. The molecule has 1 atom stereocenters. The molecule has 73 valence electrons. The van der Waals surface area contributed by atoms with E-state index >= 15 is 0 Å². The van der Waals surface area contributed by atoms with Crippen LogP contribution in [0, 0.1) is 17.0 Å². The van der Waals surface area contributed by atoms with Gasteiger partial charge in [0.05, 0.1) is 10.5 Å². The van der Waals surface area contributed by atoms with Crippen molar-refractivity contribution in [2.24, 2.45) is 0 Å². The second kappa shape index (κ2) is 4.05. The number of rotatable bonds is 3. The van der Waals surface area contributed by atoms with E-state index in [1.807, 2.05) is 13.0 Å². The van der Waals surface area contributed by atoms with Crippen molar-refractivity contribution in [1.82, 2.24) is 0 Å². The Bertz CT molecular complexity index is 370. The molecule has 1 radical (unpaired) electrons. The maximum Gasteiger partial charge on any atom is 0.276 e. The number of hydrogen-bond acceptors (Lipinski definition) is 2. The van der Waals surface area contributed by atoms with Crippen molar-refractivity contribution in [3.05, 3.63) is 52.9 Å². The minimum absolute atomic E-state index is 0.0166. The molecule has 0 amide bonds. The molecule has 0 aliphatic carbocycles. The zero-order valence-corrected chi connectivity index (χ0v) is 8.06. The summed E-state index contributed by atoms with van der Waals surface area (Å²) in [4.78, 5) is 10.3. The van der Waals surface area contributed by atoms with E-state index in [1.165, 1.54) is 12.1 Å². The van der Waals surface area contributed by atoms with Crippen molar-refractivity contribution >= 4 is 11.8 Å². The van der Waals surface area contributed by atoms with E-state index in [1.54, 1.807) is 6.07 Å². The molecular weight excluding hydrogens is 178 g/mol. The van der Waals surface area contributed by atoms with Crippen LogP contribution in [-0.4, -0.2) is 4.92 Å². The zero-order valence-electron chi connectivity index (χ0n) is 8.06. The first-order valence-corrected chi connectivity index (χ1v) is 4.30. The third-order valence-corrected chi connectivity index (χ3v) is 2.05. The second-order valence-electron chi connectivity index (χ2n) is 3.14. The van der Waals surface area contributed by atoms with Gasteiger partial charge in [-0.2, -0.15) is 0 Å². The lowest BCUT2D eigenvalue weighted by molar-refractivity contribution is -0.385. The van der Waals surface area contributed by atoms with Crippen LogP contribution in [0.4, 0.5) is 5.69 Å². The highest BCUT2D eigenvalue weighted by molar-refractivity contribution is 5.64. The fraction of sp³-hybridized carbons (Fsp3) is 0.182. The van der Waals surface area contributed by atoms with E-state index in [2.05, 4.69) is 13.5 Å². The van der Waals surface area contributed by atoms with Gasteiger partial charge in [-0.1, -0.05) is 31.7 Å². The van der Waals surface area contributed by atoms with Gasteiger partial charge in [-0.25, -0.2) is 0 Å². The summed E-state index contributed by atoms with van der Waals surface area (Å²) < 4.78 is 0. The van der Waals surface area contributed by atoms with Crippen LogP contribution >= 0.6 is 0 Å². The van der Waals surface area contributed by atoms with E-state index in [0.29, 0.717) is 5.56 Å². The van der Waals surface area contributed by atoms with E-state index < -0.39 is 4.92 Å².